The average Bonchev–Trinajstić information content (AvgIpc) is 3.07. The number of likely N-dealkylation sites (tertiary alicyclic amines) is 1. The first kappa shape index (κ1) is 21.2. The minimum absolute atomic E-state index is 0.0102. The van der Waals surface area contributed by atoms with Crippen LogP contribution in [0.15, 0.2) is 48.5 Å². The number of amides is 2. The molecule has 0 atom stereocenters. The number of piperidine rings is 1. The Kier molecular flexibility index (Phi) is 6.18. The van der Waals surface area contributed by atoms with E-state index < -0.39 is 5.54 Å². The number of benzene rings is 2. The van der Waals surface area contributed by atoms with Crippen LogP contribution in [0.3, 0.4) is 0 Å². The highest BCUT2D eigenvalue weighted by Crippen LogP contribution is 2.36. The first-order chi connectivity index (χ1) is 15.0. The summed E-state index contributed by atoms with van der Waals surface area (Å²) >= 11 is 0. The maximum atomic E-state index is 13.7. The van der Waals surface area contributed by atoms with Crippen molar-refractivity contribution in [3.63, 3.8) is 0 Å². The molecule has 4 rings (SSSR count). The van der Waals surface area contributed by atoms with Gasteiger partial charge in [-0.3, -0.25) is 9.59 Å². The molecule has 0 bridgehead atoms. The maximum absolute atomic E-state index is 13.7. The third kappa shape index (κ3) is 4.69. The third-order valence-electron chi connectivity index (χ3n) is 6.17. The van der Waals surface area contributed by atoms with Crippen molar-refractivity contribution in [2.24, 2.45) is 0 Å². The van der Waals surface area contributed by atoms with Gasteiger partial charge in [0, 0.05) is 31.9 Å². The first-order valence-corrected chi connectivity index (χ1v) is 10.5. The van der Waals surface area contributed by atoms with Crippen molar-refractivity contribution >= 4 is 17.5 Å². The number of rotatable bonds is 6. The molecule has 2 saturated heterocycles. The zero-order valence-corrected chi connectivity index (χ0v) is 17.2. The van der Waals surface area contributed by atoms with E-state index in [1.807, 2.05) is 11.0 Å². The molecule has 0 radical (unpaired) electrons. The SMILES string of the molecule is O=C(Cc1ccc(F)cc1)NCCN1CCC2(CC1)C(=O)NCN2c1cccc(F)c1. The summed E-state index contributed by atoms with van der Waals surface area (Å²) in [7, 11) is 0. The van der Waals surface area contributed by atoms with E-state index in [0.717, 1.165) is 5.56 Å². The third-order valence-corrected chi connectivity index (χ3v) is 6.17. The summed E-state index contributed by atoms with van der Waals surface area (Å²) in [5.41, 5.74) is 0.819. The lowest BCUT2D eigenvalue weighted by atomic mass is 9.85. The fourth-order valence-electron chi connectivity index (χ4n) is 4.42. The number of hydrogen-bond donors (Lipinski definition) is 2. The fourth-order valence-corrected chi connectivity index (χ4v) is 4.42. The smallest absolute Gasteiger partial charge is 0.247 e. The van der Waals surface area contributed by atoms with Gasteiger partial charge in [-0.15, -0.1) is 0 Å². The van der Waals surface area contributed by atoms with Crippen molar-refractivity contribution in [3.05, 3.63) is 65.7 Å². The minimum atomic E-state index is -0.657. The van der Waals surface area contributed by atoms with Gasteiger partial charge >= 0.3 is 0 Å². The molecule has 6 nitrogen and oxygen atoms in total. The molecule has 2 aliphatic rings. The van der Waals surface area contributed by atoms with Gasteiger partial charge in [0.05, 0.1) is 13.1 Å². The van der Waals surface area contributed by atoms with Gasteiger partial charge in [0.2, 0.25) is 11.8 Å². The fraction of sp³-hybridized carbons (Fsp3) is 0.391. The van der Waals surface area contributed by atoms with E-state index in [2.05, 4.69) is 15.5 Å². The zero-order valence-electron chi connectivity index (χ0n) is 17.2. The van der Waals surface area contributed by atoms with E-state index in [4.69, 9.17) is 0 Å². The predicted molar refractivity (Wildman–Crippen MR) is 113 cm³/mol. The van der Waals surface area contributed by atoms with Crippen molar-refractivity contribution in [3.8, 4) is 0 Å². The molecule has 2 amide bonds. The second-order valence-corrected chi connectivity index (χ2v) is 8.10. The number of anilines is 1. The van der Waals surface area contributed by atoms with E-state index in [1.54, 1.807) is 18.2 Å². The Hall–Kier alpha value is -3.00. The van der Waals surface area contributed by atoms with Crippen LogP contribution in [0.2, 0.25) is 0 Å². The van der Waals surface area contributed by atoms with Crippen LogP contribution in [0.5, 0.6) is 0 Å². The monoisotopic (exact) mass is 428 g/mol. The van der Waals surface area contributed by atoms with Gasteiger partial charge in [0.1, 0.15) is 17.2 Å². The lowest BCUT2D eigenvalue weighted by Crippen LogP contribution is -2.57. The van der Waals surface area contributed by atoms with Crippen molar-refractivity contribution < 1.29 is 18.4 Å². The highest BCUT2D eigenvalue weighted by molar-refractivity contribution is 5.93. The molecule has 2 N–H and O–H groups in total. The van der Waals surface area contributed by atoms with Crippen LogP contribution in [0, 0.1) is 11.6 Å². The Bertz CT molecular complexity index is 943. The second-order valence-electron chi connectivity index (χ2n) is 8.10. The lowest BCUT2D eigenvalue weighted by Gasteiger charge is -2.43. The number of halogens is 2. The molecule has 0 unspecified atom stereocenters. The summed E-state index contributed by atoms with van der Waals surface area (Å²) in [6.07, 6.45) is 1.49. The van der Waals surface area contributed by atoms with E-state index in [-0.39, 0.29) is 29.9 Å². The lowest BCUT2D eigenvalue weighted by molar-refractivity contribution is -0.125. The van der Waals surface area contributed by atoms with Crippen molar-refractivity contribution in [1.29, 1.82) is 0 Å². The summed E-state index contributed by atoms with van der Waals surface area (Å²) in [6, 6.07) is 12.3. The summed E-state index contributed by atoms with van der Waals surface area (Å²) in [4.78, 5) is 29.0. The summed E-state index contributed by atoms with van der Waals surface area (Å²) in [6.45, 7) is 3.00. The van der Waals surface area contributed by atoms with E-state index in [1.165, 1.54) is 24.3 Å². The van der Waals surface area contributed by atoms with Crippen molar-refractivity contribution in [1.82, 2.24) is 15.5 Å². The Morgan fingerprint density at radius 1 is 1.06 bits per heavy atom. The molecular weight excluding hydrogens is 402 g/mol. The summed E-state index contributed by atoms with van der Waals surface area (Å²) in [5.74, 6) is -0.753. The van der Waals surface area contributed by atoms with Gasteiger partial charge in [-0.25, -0.2) is 8.78 Å². The molecule has 0 saturated carbocycles. The highest BCUT2D eigenvalue weighted by Gasteiger charge is 2.50. The normalized spacial score (nSPS) is 18.3. The standard InChI is InChI=1S/C23H26F2N4O2/c24-18-6-4-17(5-7-18)14-21(30)26-10-13-28-11-8-23(9-12-28)22(31)27-16-29(23)20-3-1-2-19(25)15-20/h1-7,15H,8-14,16H2,(H,26,30)(H,27,31). The molecule has 31 heavy (non-hydrogen) atoms. The van der Waals surface area contributed by atoms with Crippen LogP contribution in [0.1, 0.15) is 18.4 Å². The molecule has 2 aromatic rings. The zero-order chi connectivity index (χ0) is 21.8. The van der Waals surface area contributed by atoms with Gasteiger partial charge in [0.15, 0.2) is 0 Å². The van der Waals surface area contributed by atoms with Crippen LogP contribution in [-0.2, 0) is 16.0 Å². The number of hydrogen-bond acceptors (Lipinski definition) is 4. The Morgan fingerprint density at radius 3 is 2.52 bits per heavy atom. The van der Waals surface area contributed by atoms with E-state index in [9.17, 15) is 18.4 Å². The Labute approximate surface area is 180 Å². The van der Waals surface area contributed by atoms with Gasteiger partial charge in [-0.05, 0) is 48.7 Å². The number of carbonyl (C=O) groups excluding carboxylic acids is 2. The average molecular weight is 428 g/mol. The van der Waals surface area contributed by atoms with Crippen LogP contribution < -0.4 is 15.5 Å². The molecule has 2 heterocycles. The molecule has 1 spiro atoms. The first-order valence-electron chi connectivity index (χ1n) is 10.5. The number of carbonyl (C=O) groups is 2. The largest absolute Gasteiger partial charge is 0.355 e. The van der Waals surface area contributed by atoms with Crippen LogP contribution >= 0.6 is 0 Å². The minimum Gasteiger partial charge on any atom is -0.355 e. The Balaban J connectivity index is 1.27. The predicted octanol–water partition coefficient (Wildman–Crippen LogP) is 2.05. The quantitative estimate of drug-likeness (QED) is 0.739. The van der Waals surface area contributed by atoms with Crippen LogP contribution in [0.25, 0.3) is 0 Å². The van der Waals surface area contributed by atoms with Gasteiger partial charge in [-0.2, -0.15) is 0 Å². The highest BCUT2D eigenvalue weighted by atomic mass is 19.1. The van der Waals surface area contributed by atoms with E-state index in [0.29, 0.717) is 51.4 Å². The van der Waals surface area contributed by atoms with Gasteiger partial charge in [0.25, 0.3) is 0 Å². The Morgan fingerprint density at radius 2 is 1.81 bits per heavy atom. The number of nitrogens with one attached hydrogen (secondary N) is 2. The molecule has 2 fully saturated rings. The number of nitrogens with zero attached hydrogens (tertiary/aromatic N) is 2. The molecule has 0 aliphatic carbocycles. The topological polar surface area (TPSA) is 64.7 Å². The van der Waals surface area contributed by atoms with Crippen molar-refractivity contribution in [2.45, 2.75) is 24.8 Å². The summed E-state index contributed by atoms with van der Waals surface area (Å²) in [5, 5.41) is 5.81. The van der Waals surface area contributed by atoms with Crippen molar-refractivity contribution in [2.75, 3.05) is 37.7 Å². The summed E-state index contributed by atoms with van der Waals surface area (Å²) < 4.78 is 26.7. The second kappa shape index (κ2) is 9.01. The van der Waals surface area contributed by atoms with E-state index >= 15 is 0 Å². The van der Waals surface area contributed by atoms with Crippen LogP contribution in [-0.4, -0.2) is 55.1 Å². The molecule has 164 valence electrons. The van der Waals surface area contributed by atoms with Gasteiger partial charge < -0.3 is 20.4 Å². The molecule has 0 aromatic heterocycles. The molecule has 2 aliphatic heterocycles. The van der Waals surface area contributed by atoms with Gasteiger partial charge in [-0.1, -0.05) is 18.2 Å². The molecular formula is C23H26F2N4O2. The van der Waals surface area contributed by atoms with Crippen LogP contribution in [0.4, 0.5) is 14.5 Å². The molecule has 8 heteroatoms. The molecule has 2 aromatic carbocycles. The maximum Gasteiger partial charge on any atom is 0.247 e.